The van der Waals surface area contributed by atoms with E-state index in [2.05, 4.69) is 59.9 Å². The molecule has 0 radical (unpaired) electrons. The number of halogens is 2. The highest BCUT2D eigenvalue weighted by Gasteiger charge is 2.12. The largest absolute Gasteiger partial charge is 0.311 e. The number of nitrogens with one attached hydrogen (secondary N) is 1. The molecule has 0 spiro atoms. The van der Waals surface area contributed by atoms with Gasteiger partial charge in [-0.2, -0.15) is 0 Å². The summed E-state index contributed by atoms with van der Waals surface area (Å²) in [5.74, 6) is 0. The average Bonchev–Trinajstić information content (AvgIpc) is 2.30. The maximum absolute atomic E-state index is 5.93. The number of rotatable bonds is 7. The summed E-state index contributed by atoms with van der Waals surface area (Å²) in [4.78, 5) is 2.49. The molecule has 0 aliphatic carbocycles. The summed E-state index contributed by atoms with van der Waals surface area (Å²) in [7, 11) is 0. The van der Waals surface area contributed by atoms with Crippen molar-refractivity contribution < 1.29 is 0 Å². The van der Waals surface area contributed by atoms with Crippen LogP contribution in [0, 0.1) is 0 Å². The molecule has 0 atom stereocenters. The third-order valence-corrected chi connectivity index (χ3v) is 4.18. The van der Waals surface area contributed by atoms with Gasteiger partial charge in [0.25, 0.3) is 0 Å². The molecule has 1 N–H and O–H groups in total. The molecule has 1 aromatic carbocycles. The van der Waals surface area contributed by atoms with Gasteiger partial charge in [0.05, 0.1) is 0 Å². The Hall–Kier alpha value is -0.0900. The van der Waals surface area contributed by atoms with Gasteiger partial charge in [0.2, 0.25) is 0 Å². The molecule has 0 heterocycles. The van der Waals surface area contributed by atoms with E-state index in [4.69, 9.17) is 11.6 Å². The first-order valence-electron chi connectivity index (χ1n) is 6.82. The van der Waals surface area contributed by atoms with Gasteiger partial charge in [0.1, 0.15) is 0 Å². The second-order valence-electron chi connectivity index (χ2n) is 5.34. The second-order valence-corrected chi connectivity index (χ2v) is 6.63. The predicted molar refractivity (Wildman–Crippen MR) is 87.8 cm³/mol. The summed E-state index contributed by atoms with van der Waals surface area (Å²) >= 11 is 9.47. The van der Waals surface area contributed by atoms with Crippen LogP contribution in [0.5, 0.6) is 0 Å². The van der Waals surface area contributed by atoms with Gasteiger partial charge in [0, 0.05) is 41.2 Å². The predicted octanol–water partition coefficient (Wildman–Crippen LogP) is 4.31. The molecule has 0 aliphatic rings. The average molecular weight is 348 g/mol. The molecular formula is C15H24BrClN2. The summed E-state index contributed by atoms with van der Waals surface area (Å²) in [5, 5.41) is 4.25. The monoisotopic (exact) mass is 346 g/mol. The third kappa shape index (κ3) is 5.82. The number of benzene rings is 1. The smallest absolute Gasteiger partial charge is 0.0417 e. The van der Waals surface area contributed by atoms with Gasteiger partial charge < -0.3 is 5.32 Å². The van der Waals surface area contributed by atoms with E-state index in [1.165, 1.54) is 5.56 Å². The fourth-order valence-corrected chi connectivity index (χ4v) is 3.03. The molecule has 0 fully saturated rings. The van der Waals surface area contributed by atoms with Crippen molar-refractivity contribution in [3.8, 4) is 0 Å². The van der Waals surface area contributed by atoms with Crippen molar-refractivity contribution in [3.05, 3.63) is 33.3 Å². The van der Waals surface area contributed by atoms with E-state index in [1.54, 1.807) is 0 Å². The molecule has 0 aromatic heterocycles. The Morgan fingerprint density at radius 2 is 1.84 bits per heavy atom. The lowest BCUT2D eigenvalue weighted by atomic mass is 10.2. The van der Waals surface area contributed by atoms with Gasteiger partial charge >= 0.3 is 0 Å². The molecule has 4 heteroatoms. The molecule has 0 unspecified atom stereocenters. The molecule has 2 nitrogen and oxygen atoms in total. The SMILES string of the molecule is CC(C)N(CCNCc1ccc(Cl)cc1Br)C(C)C. The minimum absolute atomic E-state index is 0.587. The summed E-state index contributed by atoms with van der Waals surface area (Å²) in [6, 6.07) is 7.10. The Morgan fingerprint density at radius 3 is 2.37 bits per heavy atom. The maximum Gasteiger partial charge on any atom is 0.0417 e. The van der Waals surface area contributed by atoms with Crippen molar-refractivity contribution >= 4 is 27.5 Å². The van der Waals surface area contributed by atoms with Crippen molar-refractivity contribution in [2.45, 2.75) is 46.3 Å². The zero-order valence-corrected chi connectivity index (χ0v) is 14.6. The Morgan fingerprint density at radius 1 is 1.21 bits per heavy atom. The normalized spacial score (nSPS) is 11.8. The minimum Gasteiger partial charge on any atom is -0.311 e. The second kappa shape index (κ2) is 8.25. The highest BCUT2D eigenvalue weighted by molar-refractivity contribution is 9.10. The van der Waals surface area contributed by atoms with Crippen LogP contribution < -0.4 is 5.32 Å². The van der Waals surface area contributed by atoms with Gasteiger partial charge in [-0.05, 0) is 45.4 Å². The van der Waals surface area contributed by atoms with E-state index >= 15 is 0 Å². The summed E-state index contributed by atoms with van der Waals surface area (Å²) < 4.78 is 1.07. The standard InChI is InChI=1S/C15H24BrClN2/c1-11(2)19(12(3)4)8-7-18-10-13-5-6-14(17)9-15(13)16/h5-6,9,11-12,18H,7-8,10H2,1-4H3. The van der Waals surface area contributed by atoms with E-state index in [1.807, 2.05) is 12.1 Å². The molecule has 1 aromatic rings. The lowest BCUT2D eigenvalue weighted by molar-refractivity contribution is 0.176. The van der Waals surface area contributed by atoms with Crippen molar-refractivity contribution in [1.82, 2.24) is 10.2 Å². The van der Waals surface area contributed by atoms with Crippen molar-refractivity contribution in [2.24, 2.45) is 0 Å². The molecule has 0 saturated heterocycles. The van der Waals surface area contributed by atoms with E-state index < -0.39 is 0 Å². The zero-order valence-electron chi connectivity index (χ0n) is 12.2. The lowest BCUT2D eigenvalue weighted by Gasteiger charge is -2.30. The third-order valence-electron chi connectivity index (χ3n) is 3.20. The van der Waals surface area contributed by atoms with Crippen LogP contribution >= 0.6 is 27.5 Å². The quantitative estimate of drug-likeness (QED) is 0.739. The lowest BCUT2D eigenvalue weighted by Crippen LogP contribution is -2.41. The van der Waals surface area contributed by atoms with Crippen LogP contribution in [-0.4, -0.2) is 30.1 Å². The topological polar surface area (TPSA) is 15.3 Å². The fraction of sp³-hybridized carbons (Fsp3) is 0.600. The number of hydrogen-bond acceptors (Lipinski definition) is 2. The van der Waals surface area contributed by atoms with Crippen molar-refractivity contribution in [3.63, 3.8) is 0 Å². The molecule has 1 rings (SSSR count). The maximum atomic E-state index is 5.93. The Labute approximate surface area is 130 Å². The van der Waals surface area contributed by atoms with Crippen molar-refractivity contribution in [1.29, 1.82) is 0 Å². The van der Waals surface area contributed by atoms with Gasteiger partial charge in [-0.1, -0.05) is 33.6 Å². The molecule has 0 saturated carbocycles. The first-order valence-corrected chi connectivity index (χ1v) is 7.99. The van der Waals surface area contributed by atoms with Crippen LogP contribution in [0.4, 0.5) is 0 Å². The fourth-order valence-electron chi connectivity index (χ4n) is 2.21. The summed E-state index contributed by atoms with van der Waals surface area (Å²) in [5.41, 5.74) is 1.24. The first kappa shape index (κ1) is 17.0. The van der Waals surface area contributed by atoms with Crippen LogP contribution in [0.25, 0.3) is 0 Å². The van der Waals surface area contributed by atoms with Crippen LogP contribution in [0.1, 0.15) is 33.3 Å². The van der Waals surface area contributed by atoms with E-state index in [-0.39, 0.29) is 0 Å². The van der Waals surface area contributed by atoms with Crippen LogP contribution in [0.15, 0.2) is 22.7 Å². The minimum atomic E-state index is 0.587. The molecule has 0 amide bonds. The molecule has 108 valence electrons. The number of nitrogens with zero attached hydrogens (tertiary/aromatic N) is 1. The van der Waals surface area contributed by atoms with Gasteiger partial charge in [0.15, 0.2) is 0 Å². The zero-order chi connectivity index (χ0) is 14.4. The Bertz CT molecular complexity index is 386. The highest BCUT2D eigenvalue weighted by atomic mass is 79.9. The molecule has 0 aliphatic heterocycles. The van der Waals surface area contributed by atoms with Crippen LogP contribution in [0.3, 0.4) is 0 Å². The van der Waals surface area contributed by atoms with E-state index in [9.17, 15) is 0 Å². The molecule has 19 heavy (non-hydrogen) atoms. The Kier molecular flexibility index (Phi) is 7.37. The van der Waals surface area contributed by atoms with Gasteiger partial charge in [-0.3, -0.25) is 4.90 Å². The first-order chi connectivity index (χ1) is 8.91. The molecule has 0 bridgehead atoms. The van der Waals surface area contributed by atoms with E-state index in [0.717, 1.165) is 29.1 Å². The van der Waals surface area contributed by atoms with Gasteiger partial charge in [-0.25, -0.2) is 0 Å². The summed E-state index contributed by atoms with van der Waals surface area (Å²) in [6.45, 7) is 11.9. The van der Waals surface area contributed by atoms with E-state index in [0.29, 0.717) is 12.1 Å². The van der Waals surface area contributed by atoms with Crippen LogP contribution in [-0.2, 0) is 6.54 Å². The van der Waals surface area contributed by atoms with Gasteiger partial charge in [-0.15, -0.1) is 0 Å². The number of hydrogen-bond donors (Lipinski definition) is 1. The van der Waals surface area contributed by atoms with Crippen LogP contribution in [0.2, 0.25) is 5.02 Å². The van der Waals surface area contributed by atoms with Crippen molar-refractivity contribution in [2.75, 3.05) is 13.1 Å². The molecular weight excluding hydrogens is 324 g/mol. The summed E-state index contributed by atoms with van der Waals surface area (Å²) in [6.07, 6.45) is 0. The highest BCUT2D eigenvalue weighted by Crippen LogP contribution is 2.21. The Balaban J connectivity index is 2.38.